The first kappa shape index (κ1) is 12.7. The Hall–Kier alpha value is -1.38. The third-order valence-corrected chi connectivity index (χ3v) is 3.74. The summed E-state index contributed by atoms with van der Waals surface area (Å²) in [6.45, 7) is 0. The van der Waals surface area contributed by atoms with E-state index in [1.54, 1.807) is 0 Å². The first-order chi connectivity index (χ1) is 7.49. The molecule has 0 aliphatic carbocycles. The predicted molar refractivity (Wildman–Crippen MR) is 61.6 cm³/mol. The van der Waals surface area contributed by atoms with Crippen LogP contribution < -0.4 is 0 Å². The molecule has 1 aromatic rings. The number of rotatable bonds is 2. The smallest absolute Gasteiger partial charge is 0.268 e. The van der Waals surface area contributed by atoms with Gasteiger partial charge in [-0.05, 0) is 24.3 Å². The minimum atomic E-state index is -2.76. The molecule has 1 aromatic carbocycles. The molecule has 0 aliphatic rings. The quantitative estimate of drug-likeness (QED) is 0.758. The number of hydrogen-bond donors (Lipinski definition) is 0. The number of nitriles is 1. The molecule has 0 saturated heterocycles. The van der Waals surface area contributed by atoms with Gasteiger partial charge < -0.3 is 0 Å². The van der Waals surface area contributed by atoms with E-state index in [1.165, 1.54) is 30.5 Å². The average molecular weight is 257 g/mol. The molecule has 84 valence electrons. The predicted octanol–water partition coefficient (Wildman–Crippen LogP) is 1.78. The topological polar surface area (TPSA) is 70.3 Å². The molecule has 1 amide bonds. The van der Waals surface area contributed by atoms with Crippen LogP contribution >= 0.6 is 11.6 Å². The number of carbonyl (C=O) groups excluding carboxylic acids is 1. The van der Waals surface area contributed by atoms with Gasteiger partial charge in [-0.15, -0.1) is 11.6 Å². The zero-order valence-electron chi connectivity index (χ0n) is 8.51. The number of alkyl halides is 1. The molecular weight excluding hydrogens is 248 g/mol. The van der Waals surface area contributed by atoms with Crippen LogP contribution in [0.25, 0.3) is 0 Å². The van der Waals surface area contributed by atoms with Gasteiger partial charge in [-0.1, -0.05) is 0 Å². The van der Waals surface area contributed by atoms with Crippen molar-refractivity contribution >= 4 is 27.2 Å². The van der Waals surface area contributed by atoms with Gasteiger partial charge in [-0.25, -0.2) is 4.21 Å². The zero-order valence-corrected chi connectivity index (χ0v) is 10.1. The van der Waals surface area contributed by atoms with Crippen molar-refractivity contribution in [1.82, 2.24) is 0 Å². The highest BCUT2D eigenvalue weighted by atomic mass is 35.5. The zero-order chi connectivity index (χ0) is 12.2. The maximum Gasteiger partial charge on any atom is 0.268 e. The molecule has 0 N–H and O–H groups in total. The maximum absolute atomic E-state index is 12.0. The van der Waals surface area contributed by atoms with Crippen LogP contribution in [0.4, 0.5) is 0 Å². The molecule has 0 fully saturated rings. The first-order valence-electron chi connectivity index (χ1n) is 4.31. The van der Waals surface area contributed by atoms with E-state index in [0.29, 0.717) is 10.5 Å². The van der Waals surface area contributed by atoms with Crippen LogP contribution in [0.15, 0.2) is 33.5 Å². The molecule has 6 heteroatoms. The van der Waals surface area contributed by atoms with Crippen LogP contribution in [0, 0.1) is 11.3 Å². The molecule has 0 heterocycles. The largest absolute Gasteiger partial charge is 0.271 e. The summed E-state index contributed by atoms with van der Waals surface area (Å²) in [4.78, 5) is 11.4. The molecule has 0 aliphatic heterocycles. The lowest BCUT2D eigenvalue weighted by Crippen LogP contribution is -2.04. The monoisotopic (exact) mass is 256 g/mol. The molecule has 16 heavy (non-hydrogen) atoms. The maximum atomic E-state index is 12.0. The Morgan fingerprint density at radius 2 is 2.06 bits per heavy atom. The second-order valence-electron chi connectivity index (χ2n) is 3.06. The van der Waals surface area contributed by atoms with E-state index in [0.717, 1.165) is 0 Å². The Morgan fingerprint density at radius 1 is 1.50 bits per heavy atom. The summed E-state index contributed by atoms with van der Waals surface area (Å²) in [7, 11) is -2.76. The van der Waals surface area contributed by atoms with E-state index in [2.05, 4.69) is 4.36 Å². The first-order valence-corrected chi connectivity index (χ1v) is 6.76. The Labute approximate surface area is 99.0 Å². The van der Waals surface area contributed by atoms with E-state index >= 15 is 0 Å². The normalized spacial score (nSPS) is 13.6. The fourth-order valence-corrected chi connectivity index (χ4v) is 2.38. The fraction of sp³-hybridized carbons (Fsp3) is 0.200. The van der Waals surface area contributed by atoms with Gasteiger partial charge in [0.15, 0.2) is 0 Å². The standard InChI is InChI=1S/C10H9ClN2O2S/c1-16(15,13-10(14)6-11)9-4-2-8(7-12)3-5-9/h2-5H,6H2,1H3. The lowest BCUT2D eigenvalue weighted by Gasteiger charge is -2.02. The summed E-state index contributed by atoms with van der Waals surface area (Å²) in [6.07, 6.45) is 1.36. The van der Waals surface area contributed by atoms with Crippen molar-refractivity contribution in [2.24, 2.45) is 4.36 Å². The summed E-state index contributed by atoms with van der Waals surface area (Å²) in [5.74, 6) is -0.903. The highest BCUT2D eigenvalue weighted by Gasteiger charge is 2.08. The van der Waals surface area contributed by atoms with Crippen molar-refractivity contribution in [2.75, 3.05) is 12.1 Å². The van der Waals surface area contributed by atoms with Crippen molar-refractivity contribution in [2.45, 2.75) is 4.90 Å². The van der Waals surface area contributed by atoms with Gasteiger partial charge in [0, 0.05) is 11.2 Å². The molecule has 1 unspecified atom stereocenters. The molecule has 0 spiro atoms. The molecular formula is C10H9ClN2O2S. The van der Waals surface area contributed by atoms with Gasteiger partial charge in [0.1, 0.15) is 5.88 Å². The summed E-state index contributed by atoms with van der Waals surface area (Å²) >= 11 is 5.28. The van der Waals surface area contributed by atoms with Gasteiger partial charge in [0.2, 0.25) is 0 Å². The number of amides is 1. The van der Waals surface area contributed by atoms with E-state index in [9.17, 15) is 9.00 Å². The van der Waals surface area contributed by atoms with Crippen molar-refractivity contribution < 1.29 is 9.00 Å². The molecule has 1 rings (SSSR count). The summed E-state index contributed by atoms with van der Waals surface area (Å²) in [5, 5.41) is 8.60. The SMILES string of the molecule is CS(=O)(=NC(=O)CCl)c1ccc(C#N)cc1. The van der Waals surface area contributed by atoms with Gasteiger partial charge in [-0.3, -0.25) is 4.79 Å². The van der Waals surface area contributed by atoms with Crippen LogP contribution in [-0.2, 0) is 14.5 Å². The average Bonchev–Trinajstić information content (AvgIpc) is 2.28. The van der Waals surface area contributed by atoms with Crippen molar-refractivity contribution in [3.8, 4) is 6.07 Å². The summed E-state index contributed by atoms with van der Waals surface area (Å²) in [5.41, 5.74) is 0.461. The Bertz CT molecular complexity index is 551. The van der Waals surface area contributed by atoms with Crippen LogP contribution in [-0.4, -0.2) is 22.3 Å². The van der Waals surface area contributed by atoms with Gasteiger partial charge >= 0.3 is 0 Å². The summed E-state index contributed by atoms with van der Waals surface area (Å²) in [6, 6.07) is 8.04. The van der Waals surface area contributed by atoms with Crippen LogP contribution in [0.3, 0.4) is 0 Å². The van der Waals surface area contributed by atoms with Crippen LogP contribution in [0.5, 0.6) is 0 Å². The Morgan fingerprint density at radius 3 is 2.50 bits per heavy atom. The van der Waals surface area contributed by atoms with Crippen LogP contribution in [0.2, 0.25) is 0 Å². The third kappa shape index (κ3) is 3.05. The van der Waals surface area contributed by atoms with Gasteiger partial charge in [0.25, 0.3) is 5.91 Å². The Kier molecular flexibility index (Phi) is 4.05. The van der Waals surface area contributed by atoms with Crippen molar-refractivity contribution in [1.29, 1.82) is 5.26 Å². The minimum absolute atomic E-state index is 0.291. The third-order valence-electron chi connectivity index (χ3n) is 1.81. The molecule has 4 nitrogen and oxygen atoms in total. The molecule has 0 saturated carbocycles. The highest BCUT2D eigenvalue weighted by Crippen LogP contribution is 2.12. The molecule has 1 atom stereocenters. The number of hydrogen-bond acceptors (Lipinski definition) is 3. The summed E-state index contributed by atoms with van der Waals surface area (Å²) < 4.78 is 15.6. The number of benzene rings is 1. The molecule has 0 aromatic heterocycles. The second kappa shape index (κ2) is 5.10. The number of carbonyl (C=O) groups is 1. The minimum Gasteiger partial charge on any atom is -0.271 e. The Balaban J connectivity index is 3.18. The van der Waals surface area contributed by atoms with Crippen LogP contribution in [0.1, 0.15) is 5.56 Å². The van der Waals surface area contributed by atoms with E-state index in [-0.39, 0.29) is 5.88 Å². The lowest BCUT2D eigenvalue weighted by molar-refractivity contribution is -0.115. The molecule has 0 bridgehead atoms. The highest BCUT2D eigenvalue weighted by molar-refractivity contribution is 7.93. The molecule has 0 radical (unpaired) electrons. The number of nitrogens with zero attached hydrogens (tertiary/aromatic N) is 2. The van der Waals surface area contributed by atoms with E-state index in [1.807, 2.05) is 6.07 Å². The van der Waals surface area contributed by atoms with E-state index < -0.39 is 15.6 Å². The van der Waals surface area contributed by atoms with Crippen molar-refractivity contribution in [3.05, 3.63) is 29.8 Å². The van der Waals surface area contributed by atoms with Gasteiger partial charge in [0.05, 0.1) is 21.4 Å². The van der Waals surface area contributed by atoms with Gasteiger partial charge in [-0.2, -0.15) is 9.62 Å². The second-order valence-corrected chi connectivity index (χ2v) is 5.58. The van der Waals surface area contributed by atoms with E-state index in [4.69, 9.17) is 16.9 Å². The fourth-order valence-electron chi connectivity index (χ4n) is 1.05. The number of halogens is 1. The lowest BCUT2D eigenvalue weighted by atomic mass is 10.2. The van der Waals surface area contributed by atoms with Crippen molar-refractivity contribution in [3.63, 3.8) is 0 Å².